The van der Waals surface area contributed by atoms with Crippen molar-refractivity contribution in [3.63, 3.8) is 0 Å². The second-order valence-corrected chi connectivity index (χ2v) is 6.27. The molecule has 0 bridgehead atoms. The Morgan fingerprint density at radius 3 is 2.32 bits per heavy atom. The van der Waals surface area contributed by atoms with Gasteiger partial charge >= 0.3 is 0 Å². The van der Waals surface area contributed by atoms with Gasteiger partial charge in [-0.25, -0.2) is 18.4 Å². The molecular weight excluding hydrogens is 304 g/mol. The maximum Gasteiger partial charge on any atom is 0.239 e. The van der Waals surface area contributed by atoms with Crippen molar-refractivity contribution in [2.45, 2.75) is 9.99 Å². The number of carbonyl (C=O) groups is 1. The third-order valence-corrected chi connectivity index (χ3v) is 4.59. The molecule has 0 saturated carbocycles. The SMILES string of the molecule is O=C(c1cncnc1)c1ccc(S(=O)(=O)c2ccccc2)o1. The molecule has 3 aromatic rings. The van der Waals surface area contributed by atoms with E-state index in [1.54, 1.807) is 18.2 Å². The van der Waals surface area contributed by atoms with E-state index in [4.69, 9.17) is 4.42 Å². The fourth-order valence-corrected chi connectivity index (χ4v) is 3.06. The zero-order valence-electron chi connectivity index (χ0n) is 11.2. The summed E-state index contributed by atoms with van der Waals surface area (Å²) in [4.78, 5) is 19.7. The van der Waals surface area contributed by atoms with Gasteiger partial charge < -0.3 is 4.42 Å². The molecule has 110 valence electrons. The minimum absolute atomic E-state index is 0.0793. The van der Waals surface area contributed by atoms with Crippen LogP contribution in [0.2, 0.25) is 0 Å². The highest BCUT2D eigenvalue weighted by Crippen LogP contribution is 2.23. The summed E-state index contributed by atoms with van der Waals surface area (Å²) in [5.74, 6) is -0.556. The van der Waals surface area contributed by atoms with Crippen LogP contribution in [0.25, 0.3) is 0 Å². The summed E-state index contributed by atoms with van der Waals surface area (Å²) in [5.41, 5.74) is 0.223. The number of aromatic nitrogens is 2. The molecule has 7 heteroatoms. The van der Waals surface area contributed by atoms with Crippen LogP contribution in [0.5, 0.6) is 0 Å². The van der Waals surface area contributed by atoms with Gasteiger partial charge in [0.05, 0.1) is 10.5 Å². The summed E-state index contributed by atoms with van der Waals surface area (Å²) in [6.07, 6.45) is 3.97. The quantitative estimate of drug-likeness (QED) is 0.685. The molecule has 0 aliphatic carbocycles. The van der Waals surface area contributed by atoms with Gasteiger partial charge in [0.1, 0.15) is 6.33 Å². The van der Waals surface area contributed by atoms with E-state index in [1.807, 2.05) is 0 Å². The third-order valence-electron chi connectivity index (χ3n) is 2.95. The van der Waals surface area contributed by atoms with E-state index in [0.29, 0.717) is 0 Å². The van der Waals surface area contributed by atoms with Crippen LogP contribution in [0.1, 0.15) is 16.1 Å². The van der Waals surface area contributed by atoms with Crippen LogP contribution in [-0.2, 0) is 9.84 Å². The summed E-state index contributed by atoms with van der Waals surface area (Å²) in [6, 6.07) is 10.5. The Labute approximate surface area is 126 Å². The van der Waals surface area contributed by atoms with Gasteiger partial charge in [0.2, 0.25) is 20.7 Å². The van der Waals surface area contributed by atoms with E-state index in [-0.39, 0.29) is 21.3 Å². The highest BCUT2D eigenvalue weighted by molar-refractivity contribution is 7.91. The Kier molecular flexibility index (Phi) is 3.56. The number of sulfone groups is 1. The van der Waals surface area contributed by atoms with E-state index in [9.17, 15) is 13.2 Å². The summed E-state index contributed by atoms with van der Waals surface area (Å²) in [6.45, 7) is 0. The highest BCUT2D eigenvalue weighted by atomic mass is 32.2. The van der Waals surface area contributed by atoms with E-state index in [2.05, 4.69) is 9.97 Å². The Hall–Kier alpha value is -2.80. The monoisotopic (exact) mass is 314 g/mol. The Morgan fingerprint density at radius 2 is 1.64 bits per heavy atom. The predicted molar refractivity (Wildman–Crippen MR) is 76.1 cm³/mol. The number of hydrogen-bond donors (Lipinski definition) is 0. The van der Waals surface area contributed by atoms with Crippen LogP contribution in [0.4, 0.5) is 0 Å². The number of rotatable bonds is 4. The second kappa shape index (κ2) is 5.53. The van der Waals surface area contributed by atoms with Crippen LogP contribution in [-0.4, -0.2) is 24.2 Å². The van der Waals surface area contributed by atoms with Crippen molar-refractivity contribution < 1.29 is 17.6 Å². The van der Waals surface area contributed by atoms with Crippen molar-refractivity contribution in [1.82, 2.24) is 9.97 Å². The molecule has 0 N–H and O–H groups in total. The molecule has 2 heterocycles. The van der Waals surface area contributed by atoms with E-state index in [1.165, 1.54) is 43.0 Å². The number of nitrogens with zero attached hydrogens (tertiary/aromatic N) is 2. The van der Waals surface area contributed by atoms with Gasteiger partial charge in [0.25, 0.3) is 0 Å². The van der Waals surface area contributed by atoms with Gasteiger partial charge in [0, 0.05) is 12.4 Å². The van der Waals surface area contributed by atoms with Gasteiger partial charge in [-0.1, -0.05) is 18.2 Å². The van der Waals surface area contributed by atoms with Gasteiger partial charge in [-0.15, -0.1) is 0 Å². The molecule has 22 heavy (non-hydrogen) atoms. The topological polar surface area (TPSA) is 90.1 Å². The fraction of sp³-hybridized carbons (Fsp3) is 0. The molecule has 0 saturated heterocycles. The van der Waals surface area contributed by atoms with Crippen LogP contribution in [0, 0.1) is 0 Å². The second-order valence-electron chi connectivity index (χ2n) is 4.39. The van der Waals surface area contributed by atoms with Crippen molar-refractivity contribution in [3.8, 4) is 0 Å². The average molecular weight is 314 g/mol. The van der Waals surface area contributed by atoms with E-state index >= 15 is 0 Å². The smallest absolute Gasteiger partial charge is 0.239 e. The number of hydrogen-bond acceptors (Lipinski definition) is 6. The zero-order valence-corrected chi connectivity index (χ0v) is 12.0. The van der Waals surface area contributed by atoms with Gasteiger partial charge in [-0.05, 0) is 24.3 Å². The van der Waals surface area contributed by atoms with Crippen molar-refractivity contribution in [2.75, 3.05) is 0 Å². The lowest BCUT2D eigenvalue weighted by Gasteiger charge is -2.00. The molecule has 0 spiro atoms. The Morgan fingerprint density at radius 1 is 0.955 bits per heavy atom. The largest absolute Gasteiger partial charge is 0.441 e. The summed E-state index contributed by atoms with van der Waals surface area (Å²) in [5, 5.41) is -0.279. The van der Waals surface area contributed by atoms with Crippen LogP contribution in [0.15, 0.2) is 75.6 Å². The molecule has 0 fully saturated rings. The first-order valence-corrected chi connectivity index (χ1v) is 7.77. The molecule has 0 aliphatic rings. The molecule has 6 nitrogen and oxygen atoms in total. The van der Waals surface area contributed by atoms with Gasteiger partial charge in [-0.2, -0.15) is 0 Å². The first-order valence-electron chi connectivity index (χ1n) is 6.29. The number of furan rings is 1. The number of carbonyl (C=O) groups excluding carboxylic acids is 1. The molecule has 3 rings (SSSR count). The fourth-order valence-electron chi connectivity index (χ4n) is 1.86. The average Bonchev–Trinajstić information content (AvgIpc) is 3.06. The molecule has 0 radical (unpaired) electrons. The van der Waals surface area contributed by atoms with Crippen molar-refractivity contribution >= 4 is 15.6 Å². The summed E-state index contributed by atoms with van der Waals surface area (Å²) in [7, 11) is -3.78. The normalized spacial score (nSPS) is 11.3. The molecular formula is C15H10N2O4S. The molecule has 1 aromatic carbocycles. The van der Waals surface area contributed by atoms with Crippen LogP contribution < -0.4 is 0 Å². The zero-order chi connectivity index (χ0) is 15.6. The van der Waals surface area contributed by atoms with Crippen molar-refractivity contribution in [3.05, 3.63) is 72.5 Å². The van der Waals surface area contributed by atoms with Gasteiger partial charge in [-0.3, -0.25) is 4.79 Å². The lowest BCUT2D eigenvalue weighted by Crippen LogP contribution is -2.02. The molecule has 0 unspecified atom stereocenters. The highest BCUT2D eigenvalue weighted by Gasteiger charge is 2.23. The minimum atomic E-state index is -3.78. The summed E-state index contributed by atoms with van der Waals surface area (Å²) >= 11 is 0. The molecule has 0 amide bonds. The van der Waals surface area contributed by atoms with Crippen molar-refractivity contribution in [1.29, 1.82) is 0 Å². The molecule has 2 aromatic heterocycles. The number of ketones is 1. The maximum atomic E-state index is 12.4. The van der Waals surface area contributed by atoms with Crippen LogP contribution >= 0.6 is 0 Å². The first kappa shape index (κ1) is 14.2. The Balaban J connectivity index is 1.97. The predicted octanol–water partition coefficient (Wildman–Crippen LogP) is 2.13. The molecule has 0 aliphatic heterocycles. The Bertz CT molecular complexity index is 903. The van der Waals surface area contributed by atoms with E-state index in [0.717, 1.165) is 0 Å². The lowest BCUT2D eigenvalue weighted by molar-refractivity contribution is 0.100. The van der Waals surface area contributed by atoms with Crippen molar-refractivity contribution in [2.24, 2.45) is 0 Å². The standard InChI is InChI=1S/C15H10N2O4S/c18-15(11-8-16-10-17-9-11)13-6-7-14(21-13)22(19,20)12-4-2-1-3-5-12/h1-10H. The first-order chi connectivity index (χ1) is 10.6. The minimum Gasteiger partial charge on any atom is -0.441 e. The third kappa shape index (κ3) is 2.53. The van der Waals surface area contributed by atoms with E-state index < -0.39 is 15.6 Å². The number of benzene rings is 1. The van der Waals surface area contributed by atoms with Crippen LogP contribution in [0.3, 0.4) is 0 Å². The van der Waals surface area contributed by atoms with Gasteiger partial charge in [0.15, 0.2) is 5.76 Å². The molecule has 0 atom stereocenters. The lowest BCUT2D eigenvalue weighted by atomic mass is 10.2. The summed E-state index contributed by atoms with van der Waals surface area (Å²) < 4.78 is 30.0. The maximum absolute atomic E-state index is 12.4.